The molecule has 1 aromatic carbocycles. The number of carbonyl (C=O) groups excluding carboxylic acids is 2. The number of aliphatic hydroxyl groups excluding tert-OH is 3. The van der Waals surface area contributed by atoms with Crippen LogP contribution in [-0.2, 0) is 9.53 Å². The first-order valence-corrected chi connectivity index (χ1v) is 7.19. The summed E-state index contributed by atoms with van der Waals surface area (Å²) in [4.78, 5) is 23.5. The summed E-state index contributed by atoms with van der Waals surface area (Å²) in [5.41, 5.74) is 0.374. The fraction of sp³-hybridized carbons (Fsp3) is 0.467. The van der Waals surface area contributed by atoms with E-state index in [2.05, 4.69) is 10.6 Å². The molecule has 0 bridgehead atoms. The number of hydrogen-bond acceptors (Lipinski definition) is 6. The van der Waals surface area contributed by atoms with Gasteiger partial charge in [-0.15, -0.1) is 0 Å². The average molecular weight is 324 g/mol. The topological polar surface area (TPSA) is 128 Å². The number of ether oxygens (including phenoxy) is 1. The Hall–Kier alpha value is -2.00. The van der Waals surface area contributed by atoms with E-state index >= 15 is 0 Å². The highest BCUT2D eigenvalue weighted by Gasteiger charge is 2.45. The first-order chi connectivity index (χ1) is 10.9. The monoisotopic (exact) mass is 324 g/mol. The molecule has 2 rings (SSSR count). The average Bonchev–Trinajstić information content (AvgIpc) is 2.54. The van der Waals surface area contributed by atoms with Gasteiger partial charge in [-0.25, -0.2) is 0 Å². The van der Waals surface area contributed by atoms with Gasteiger partial charge in [0.25, 0.3) is 5.91 Å². The van der Waals surface area contributed by atoms with Gasteiger partial charge >= 0.3 is 0 Å². The van der Waals surface area contributed by atoms with Gasteiger partial charge in [0, 0.05) is 12.5 Å². The SMILES string of the molecule is CC(=O)N[C@@H]1[C@@H](O)[C@H](O)[C@@H](CO)O[C@H]1NC(=O)c1ccccc1. The van der Waals surface area contributed by atoms with Crippen LogP contribution in [0.3, 0.4) is 0 Å². The van der Waals surface area contributed by atoms with Crippen LogP contribution >= 0.6 is 0 Å². The van der Waals surface area contributed by atoms with Gasteiger partial charge in [-0.05, 0) is 12.1 Å². The minimum Gasteiger partial charge on any atom is -0.394 e. The number of carbonyl (C=O) groups is 2. The number of nitrogens with one attached hydrogen (secondary N) is 2. The molecule has 1 heterocycles. The van der Waals surface area contributed by atoms with E-state index < -0.39 is 49.0 Å². The van der Waals surface area contributed by atoms with Gasteiger partial charge in [0.05, 0.1) is 6.61 Å². The van der Waals surface area contributed by atoms with Crippen LogP contribution in [0.5, 0.6) is 0 Å². The molecule has 8 nitrogen and oxygen atoms in total. The molecule has 0 radical (unpaired) electrons. The Balaban J connectivity index is 2.17. The van der Waals surface area contributed by atoms with Crippen molar-refractivity contribution in [3.63, 3.8) is 0 Å². The van der Waals surface area contributed by atoms with E-state index in [-0.39, 0.29) is 0 Å². The maximum atomic E-state index is 12.2. The second-order valence-electron chi connectivity index (χ2n) is 5.32. The Labute approximate surface area is 133 Å². The van der Waals surface area contributed by atoms with Gasteiger partial charge in [0.2, 0.25) is 5.91 Å². The van der Waals surface area contributed by atoms with Crippen LogP contribution in [0, 0.1) is 0 Å². The predicted molar refractivity (Wildman–Crippen MR) is 79.3 cm³/mol. The third-order valence-electron chi connectivity index (χ3n) is 3.61. The van der Waals surface area contributed by atoms with Crippen LogP contribution in [0.25, 0.3) is 0 Å². The van der Waals surface area contributed by atoms with Crippen LogP contribution < -0.4 is 10.6 Å². The van der Waals surface area contributed by atoms with E-state index in [0.29, 0.717) is 5.56 Å². The van der Waals surface area contributed by atoms with Crippen molar-refractivity contribution in [2.24, 2.45) is 0 Å². The van der Waals surface area contributed by atoms with E-state index in [1.54, 1.807) is 30.3 Å². The normalized spacial score (nSPS) is 30.5. The van der Waals surface area contributed by atoms with Crippen LogP contribution in [-0.4, -0.2) is 64.3 Å². The van der Waals surface area contributed by atoms with Crippen molar-refractivity contribution < 1.29 is 29.6 Å². The molecule has 2 amide bonds. The summed E-state index contributed by atoms with van der Waals surface area (Å²) in [6.45, 7) is 0.704. The minimum absolute atomic E-state index is 0.374. The zero-order chi connectivity index (χ0) is 17.0. The number of benzene rings is 1. The van der Waals surface area contributed by atoms with Crippen molar-refractivity contribution in [1.29, 1.82) is 0 Å². The molecular formula is C15H20N2O6. The molecule has 5 atom stereocenters. The summed E-state index contributed by atoms with van der Waals surface area (Å²) in [5.74, 6) is -0.919. The Kier molecular flexibility index (Phi) is 5.67. The zero-order valence-corrected chi connectivity index (χ0v) is 12.5. The molecule has 0 saturated carbocycles. The van der Waals surface area contributed by atoms with E-state index in [1.165, 1.54) is 6.92 Å². The predicted octanol–water partition coefficient (Wildman–Crippen LogP) is -1.64. The van der Waals surface area contributed by atoms with Crippen LogP contribution in [0.4, 0.5) is 0 Å². The molecule has 0 spiro atoms. The van der Waals surface area contributed by atoms with Gasteiger partial charge in [0.15, 0.2) is 6.23 Å². The van der Waals surface area contributed by atoms with E-state index in [1.807, 2.05) is 0 Å². The summed E-state index contributed by atoms with van der Waals surface area (Å²) >= 11 is 0. The fourth-order valence-corrected chi connectivity index (χ4v) is 2.44. The van der Waals surface area contributed by atoms with Gasteiger partial charge in [0.1, 0.15) is 24.4 Å². The second kappa shape index (κ2) is 7.51. The Morgan fingerprint density at radius 3 is 2.35 bits per heavy atom. The van der Waals surface area contributed by atoms with Crippen molar-refractivity contribution in [2.75, 3.05) is 6.61 Å². The molecule has 0 aromatic heterocycles. The maximum absolute atomic E-state index is 12.2. The van der Waals surface area contributed by atoms with Crippen LogP contribution in [0.15, 0.2) is 30.3 Å². The van der Waals surface area contributed by atoms with Crippen LogP contribution in [0.1, 0.15) is 17.3 Å². The Morgan fingerprint density at radius 2 is 1.78 bits per heavy atom. The number of rotatable bonds is 4. The van der Waals surface area contributed by atoms with Crippen LogP contribution in [0.2, 0.25) is 0 Å². The summed E-state index contributed by atoms with van der Waals surface area (Å²) < 4.78 is 5.42. The highest BCUT2D eigenvalue weighted by Crippen LogP contribution is 2.20. The molecule has 8 heteroatoms. The molecule has 1 saturated heterocycles. The largest absolute Gasteiger partial charge is 0.394 e. The smallest absolute Gasteiger partial charge is 0.253 e. The summed E-state index contributed by atoms with van der Waals surface area (Å²) in [6, 6.07) is 7.29. The fourth-order valence-electron chi connectivity index (χ4n) is 2.44. The van der Waals surface area contributed by atoms with E-state index in [0.717, 1.165) is 0 Å². The van der Waals surface area contributed by atoms with E-state index in [9.17, 15) is 24.9 Å². The summed E-state index contributed by atoms with van der Waals surface area (Å²) in [5, 5.41) is 34.2. The zero-order valence-electron chi connectivity index (χ0n) is 12.5. The van der Waals surface area contributed by atoms with Crippen molar-refractivity contribution in [3.8, 4) is 0 Å². The summed E-state index contributed by atoms with van der Waals surface area (Å²) in [6.07, 6.45) is -4.95. The molecule has 0 unspecified atom stereocenters. The van der Waals surface area contributed by atoms with Gasteiger partial charge < -0.3 is 30.7 Å². The maximum Gasteiger partial charge on any atom is 0.253 e. The Bertz CT molecular complexity index is 552. The van der Waals surface area contributed by atoms with Gasteiger partial charge in [-0.1, -0.05) is 18.2 Å². The Morgan fingerprint density at radius 1 is 1.13 bits per heavy atom. The lowest BCUT2D eigenvalue weighted by Crippen LogP contribution is -2.68. The van der Waals surface area contributed by atoms with E-state index in [4.69, 9.17) is 4.74 Å². The number of aliphatic hydroxyl groups is 3. The highest BCUT2D eigenvalue weighted by atomic mass is 16.5. The molecule has 1 aliphatic rings. The van der Waals surface area contributed by atoms with Gasteiger partial charge in [-0.3, -0.25) is 9.59 Å². The minimum atomic E-state index is -1.40. The van der Waals surface area contributed by atoms with Crippen molar-refractivity contribution in [1.82, 2.24) is 10.6 Å². The molecule has 5 N–H and O–H groups in total. The molecule has 1 fully saturated rings. The summed E-state index contributed by atoms with van der Waals surface area (Å²) in [7, 11) is 0. The number of hydrogen-bond donors (Lipinski definition) is 5. The third-order valence-corrected chi connectivity index (χ3v) is 3.61. The first kappa shape index (κ1) is 17.4. The molecule has 23 heavy (non-hydrogen) atoms. The quantitative estimate of drug-likeness (QED) is 0.452. The lowest BCUT2D eigenvalue weighted by atomic mass is 9.95. The first-order valence-electron chi connectivity index (χ1n) is 7.19. The van der Waals surface area contributed by atoms with Crippen molar-refractivity contribution in [2.45, 2.75) is 37.5 Å². The molecular weight excluding hydrogens is 304 g/mol. The molecule has 126 valence electrons. The second-order valence-corrected chi connectivity index (χ2v) is 5.32. The molecule has 1 aromatic rings. The van der Waals surface area contributed by atoms with Gasteiger partial charge in [-0.2, -0.15) is 0 Å². The molecule has 1 aliphatic heterocycles. The standard InChI is InChI=1S/C15H20N2O6/c1-8(19)16-11-13(21)12(20)10(7-18)23-15(11)17-14(22)9-5-3-2-4-6-9/h2-6,10-13,15,18,20-21H,7H2,1H3,(H,16,19)(H,17,22)/t10-,11-,12-,13-,15-/m1/s1. The number of amides is 2. The van der Waals surface area contributed by atoms with Crippen molar-refractivity contribution >= 4 is 11.8 Å². The van der Waals surface area contributed by atoms with Crippen molar-refractivity contribution in [3.05, 3.63) is 35.9 Å². The lowest BCUT2D eigenvalue weighted by molar-refractivity contribution is -0.199. The highest BCUT2D eigenvalue weighted by molar-refractivity contribution is 5.94. The lowest BCUT2D eigenvalue weighted by Gasteiger charge is -2.42. The molecule has 0 aliphatic carbocycles. The third kappa shape index (κ3) is 4.05.